The number of aryl methyl sites for hydroxylation is 3. The van der Waals surface area contributed by atoms with Crippen molar-refractivity contribution in [3.05, 3.63) is 68.8 Å². The van der Waals surface area contributed by atoms with Crippen molar-refractivity contribution in [2.75, 3.05) is 11.9 Å². The molecule has 2 aromatic carbocycles. The molecule has 0 bridgehead atoms. The molecule has 0 spiro atoms. The van der Waals surface area contributed by atoms with E-state index in [1.807, 2.05) is 32.9 Å². The first-order valence-corrected chi connectivity index (χ1v) is 8.14. The number of hydrogen-bond donors (Lipinski definition) is 2. The van der Waals surface area contributed by atoms with Gasteiger partial charge in [-0.25, -0.2) is 0 Å². The van der Waals surface area contributed by atoms with Crippen molar-refractivity contribution in [3.8, 4) is 0 Å². The van der Waals surface area contributed by atoms with Crippen LogP contribution in [0.25, 0.3) is 0 Å². The van der Waals surface area contributed by atoms with Crippen LogP contribution in [-0.4, -0.2) is 23.3 Å². The first-order chi connectivity index (χ1) is 12.3. The second-order valence-corrected chi connectivity index (χ2v) is 6.16. The molecule has 136 valence electrons. The first-order valence-electron chi connectivity index (χ1n) is 8.14. The van der Waals surface area contributed by atoms with E-state index in [1.54, 1.807) is 12.1 Å². The van der Waals surface area contributed by atoms with Crippen molar-refractivity contribution in [1.82, 2.24) is 5.32 Å². The number of nitro groups is 1. The van der Waals surface area contributed by atoms with E-state index >= 15 is 0 Å². The highest BCUT2D eigenvalue weighted by atomic mass is 16.6. The quantitative estimate of drug-likeness (QED) is 0.614. The van der Waals surface area contributed by atoms with Gasteiger partial charge in [-0.2, -0.15) is 0 Å². The molecule has 2 rings (SSSR count). The molecule has 0 radical (unpaired) electrons. The van der Waals surface area contributed by atoms with Crippen LogP contribution in [0, 0.1) is 30.9 Å². The third-order valence-corrected chi connectivity index (χ3v) is 3.93. The molecular formula is C19H21N3O4. The molecule has 0 fully saturated rings. The standard InChI is InChI=1S/C19H21N3O4/c1-12-8-13(2)19(14(3)9-12)21-18(24)11-20-17(23)10-15-6-4-5-7-16(15)22(25)26/h4-9H,10-11H2,1-3H3,(H,20,23)(H,21,24). The summed E-state index contributed by atoms with van der Waals surface area (Å²) in [4.78, 5) is 34.5. The Kier molecular flexibility index (Phi) is 6.06. The van der Waals surface area contributed by atoms with Crippen LogP contribution in [0.5, 0.6) is 0 Å². The van der Waals surface area contributed by atoms with Gasteiger partial charge in [-0.05, 0) is 31.9 Å². The first kappa shape index (κ1) is 19.1. The zero-order chi connectivity index (χ0) is 19.3. The summed E-state index contributed by atoms with van der Waals surface area (Å²) in [7, 11) is 0. The fraction of sp³-hybridized carbons (Fsp3) is 0.263. The number of carbonyl (C=O) groups is 2. The topological polar surface area (TPSA) is 101 Å². The van der Waals surface area contributed by atoms with E-state index in [2.05, 4.69) is 10.6 Å². The lowest BCUT2D eigenvalue weighted by molar-refractivity contribution is -0.385. The van der Waals surface area contributed by atoms with Gasteiger partial charge in [-0.15, -0.1) is 0 Å². The molecule has 7 nitrogen and oxygen atoms in total. The van der Waals surface area contributed by atoms with E-state index in [0.717, 1.165) is 22.4 Å². The molecule has 2 N–H and O–H groups in total. The second-order valence-electron chi connectivity index (χ2n) is 6.16. The van der Waals surface area contributed by atoms with E-state index in [4.69, 9.17) is 0 Å². The molecular weight excluding hydrogens is 334 g/mol. The fourth-order valence-electron chi connectivity index (χ4n) is 2.81. The van der Waals surface area contributed by atoms with Crippen LogP contribution in [-0.2, 0) is 16.0 Å². The van der Waals surface area contributed by atoms with E-state index in [0.29, 0.717) is 5.56 Å². The Balaban J connectivity index is 1.94. The average Bonchev–Trinajstić information content (AvgIpc) is 2.56. The van der Waals surface area contributed by atoms with Crippen molar-refractivity contribution >= 4 is 23.2 Å². The van der Waals surface area contributed by atoms with Crippen LogP contribution in [0.15, 0.2) is 36.4 Å². The minimum atomic E-state index is -0.529. The number of amides is 2. The van der Waals surface area contributed by atoms with Gasteiger partial charge < -0.3 is 10.6 Å². The van der Waals surface area contributed by atoms with Crippen LogP contribution in [0.1, 0.15) is 22.3 Å². The number of para-hydroxylation sites is 1. The molecule has 7 heteroatoms. The molecule has 2 amide bonds. The summed E-state index contributed by atoms with van der Waals surface area (Å²) in [6.45, 7) is 5.59. The molecule has 0 atom stereocenters. The molecule has 0 saturated carbocycles. The molecule has 0 aliphatic rings. The molecule has 0 aliphatic carbocycles. The lowest BCUT2D eigenvalue weighted by Crippen LogP contribution is -2.34. The van der Waals surface area contributed by atoms with Crippen molar-refractivity contribution < 1.29 is 14.5 Å². The normalized spacial score (nSPS) is 10.3. The summed E-state index contributed by atoms with van der Waals surface area (Å²) in [6, 6.07) is 9.98. The highest BCUT2D eigenvalue weighted by Gasteiger charge is 2.16. The number of nitrogens with one attached hydrogen (secondary N) is 2. The number of nitro benzene ring substituents is 1. The summed E-state index contributed by atoms with van der Waals surface area (Å²) >= 11 is 0. The number of hydrogen-bond acceptors (Lipinski definition) is 4. The zero-order valence-corrected chi connectivity index (χ0v) is 15.0. The summed E-state index contributed by atoms with van der Waals surface area (Å²) < 4.78 is 0. The van der Waals surface area contributed by atoms with Crippen LogP contribution >= 0.6 is 0 Å². The molecule has 26 heavy (non-hydrogen) atoms. The zero-order valence-electron chi connectivity index (χ0n) is 15.0. The number of benzene rings is 2. The smallest absolute Gasteiger partial charge is 0.273 e. The van der Waals surface area contributed by atoms with Gasteiger partial charge in [0.25, 0.3) is 5.69 Å². The predicted molar refractivity (Wildman–Crippen MR) is 99.1 cm³/mol. The monoisotopic (exact) mass is 355 g/mol. The lowest BCUT2D eigenvalue weighted by Gasteiger charge is -2.13. The van der Waals surface area contributed by atoms with Gasteiger partial charge >= 0.3 is 0 Å². The highest BCUT2D eigenvalue weighted by Crippen LogP contribution is 2.21. The predicted octanol–water partition coefficient (Wildman–Crippen LogP) is 2.82. The van der Waals surface area contributed by atoms with E-state index in [-0.39, 0.29) is 24.6 Å². The Bertz CT molecular complexity index is 839. The summed E-state index contributed by atoms with van der Waals surface area (Å²) in [5.41, 5.74) is 3.92. The molecule has 0 saturated heterocycles. The number of anilines is 1. The largest absolute Gasteiger partial charge is 0.347 e. The molecule has 0 aliphatic heterocycles. The minimum Gasteiger partial charge on any atom is -0.347 e. The Morgan fingerprint density at radius 1 is 1.04 bits per heavy atom. The van der Waals surface area contributed by atoms with E-state index in [9.17, 15) is 19.7 Å². The van der Waals surface area contributed by atoms with Crippen LogP contribution in [0.3, 0.4) is 0 Å². The van der Waals surface area contributed by atoms with Gasteiger partial charge in [-0.3, -0.25) is 19.7 Å². The second kappa shape index (κ2) is 8.24. The number of nitrogens with zero attached hydrogens (tertiary/aromatic N) is 1. The van der Waals surface area contributed by atoms with Crippen LogP contribution in [0.2, 0.25) is 0 Å². The SMILES string of the molecule is Cc1cc(C)c(NC(=O)CNC(=O)Cc2ccccc2[N+](=O)[O-])c(C)c1. The number of rotatable bonds is 6. The molecule has 2 aromatic rings. The van der Waals surface area contributed by atoms with Gasteiger partial charge in [-0.1, -0.05) is 35.9 Å². The van der Waals surface area contributed by atoms with Gasteiger partial charge in [0, 0.05) is 17.3 Å². The van der Waals surface area contributed by atoms with E-state index < -0.39 is 10.8 Å². The minimum absolute atomic E-state index is 0.113. The fourth-order valence-corrected chi connectivity index (χ4v) is 2.81. The molecule has 0 aromatic heterocycles. The van der Waals surface area contributed by atoms with Crippen LogP contribution in [0.4, 0.5) is 11.4 Å². The van der Waals surface area contributed by atoms with E-state index in [1.165, 1.54) is 12.1 Å². The van der Waals surface area contributed by atoms with Crippen molar-refractivity contribution in [2.24, 2.45) is 0 Å². The third-order valence-electron chi connectivity index (χ3n) is 3.93. The van der Waals surface area contributed by atoms with Gasteiger partial charge in [0.15, 0.2) is 0 Å². The lowest BCUT2D eigenvalue weighted by atomic mass is 10.1. The molecule has 0 unspecified atom stereocenters. The maximum absolute atomic E-state index is 12.1. The van der Waals surface area contributed by atoms with Gasteiger partial charge in [0.2, 0.25) is 11.8 Å². The van der Waals surface area contributed by atoms with Crippen molar-refractivity contribution in [2.45, 2.75) is 27.2 Å². The highest BCUT2D eigenvalue weighted by molar-refractivity contribution is 5.96. The number of carbonyl (C=O) groups excluding carboxylic acids is 2. The summed E-state index contributed by atoms with van der Waals surface area (Å²) in [5.74, 6) is -0.803. The average molecular weight is 355 g/mol. The Morgan fingerprint density at radius 3 is 2.27 bits per heavy atom. The Morgan fingerprint density at radius 2 is 1.65 bits per heavy atom. The summed E-state index contributed by atoms with van der Waals surface area (Å²) in [5, 5.41) is 16.3. The van der Waals surface area contributed by atoms with Crippen LogP contribution < -0.4 is 10.6 Å². The molecule has 0 heterocycles. The van der Waals surface area contributed by atoms with Gasteiger partial charge in [0.05, 0.1) is 17.9 Å². The summed E-state index contributed by atoms with van der Waals surface area (Å²) in [6.07, 6.45) is -0.160. The Labute approximate surface area is 151 Å². The van der Waals surface area contributed by atoms with Gasteiger partial charge in [0.1, 0.15) is 0 Å². The Hall–Kier alpha value is -3.22. The maximum Gasteiger partial charge on any atom is 0.273 e. The van der Waals surface area contributed by atoms with Crippen molar-refractivity contribution in [1.29, 1.82) is 0 Å². The van der Waals surface area contributed by atoms with Crippen molar-refractivity contribution in [3.63, 3.8) is 0 Å². The third kappa shape index (κ3) is 4.89. The maximum atomic E-state index is 12.1.